The quantitative estimate of drug-likeness (QED) is 0.284. The molecule has 0 bridgehead atoms. The average Bonchev–Trinajstić information content (AvgIpc) is 2.92. The van der Waals surface area contributed by atoms with Gasteiger partial charge in [0.1, 0.15) is 11.6 Å². The van der Waals surface area contributed by atoms with Crippen LogP contribution < -0.4 is 5.32 Å². The maximum absolute atomic E-state index is 13.7. The zero-order chi connectivity index (χ0) is 28.4. The van der Waals surface area contributed by atoms with Gasteiger partial charge in [0.25, 0.3) is 0 Å². The lowest BCUT2D eigenvalue weighted by molar-refractivity contribution is -0.137. The molecule has 1 N–H and O–H groups in total. The average molecular weight is 570 g/mol. The maximum Gasteiger partial charge on any atom is 0.418 e. The summed E-state index contributed by atoms with van der Waals surface area (Å²) >= 11 is 0. The number of ether oxygens (including phenoxy) is 1. The van der Waals surface area contributed by atoms with Crippen molar-refractivity contribution in [3.05, 3.63) is 72.2 Å². The van der Waals surface area contributed by atoms with Crippen molar-refractivity contribution in [1.82, 2.24) is 19.9 Å². The van der Waals surface area contributed by atoms with Gasteiger partial charge in [0, 0.05) is 46.1 Å². The third-order valence-corrected chi connectivity index (χ3v) is 8.19. The maximum atomic E-state index is 13.7. The number of nitrogens with one attached hydrogen (secondary N) is 1. The number of rotatable bonds is 7. The number of nitrogens with zero attached hydrogens (tertiary/aromatic N) is 4. The normalized spacial score (nSPS) is 17.3. The van der Waals surface area contributed by atoms with Crippen LogP contribution in [0.2, 0.25) is 0 Å². The van der Waals surface area contributed by atoms with Crippen molar-refractivity contribution in [2.24, 2.45) is 0 Å². The topological polar surface area (TPSA) is 80.2 Å². The van der Waals surface area contributed by atoms with Gasteiger partial charge in [-0.15, -0.1) is 0 Å². The van der Waals surface area contributed by atoms with Gasteiger partial charge < -0.3 is 10.1 Å². The van der Waals surface area contributed by atoms with Crippen molar-refractivity contribution >= 4 is 33.2 Å². The molecule has 210 valence electrons. The molecule has 11 heteroatoms. The molecular formula is C29H30F3N5O2S. The fourth-order valence-electron chi connectivity index (χ4n) is 4.67. The highest BCUT2D eigenvalue weighted by Gasteiger charge is 2.34. The molecule has 0 spiro atoms. The second-order valence-electron chi connectivity index (χ2n) is 10.0. The first-order valence-corrected chi connectivity index (χ1v) is 14.2. The fraction of sp³-hybridized carbons (Fsp3) is 0.345. The number of pyridine rings is 1. The van der Waals surface area contributed by atoms with Gasteiger partial charge in [0.2, 0.25) is 0 Å². The summed E-state index contributed by atoms with van der Waals surface area (Å²) < 4.78 is 59.3. The molecular weight excluding hydrogens is 539 g/mol. The van der Waals surface area contributed by atoms with Gasteiger partial charge in [0.05, 0.1) is 46.8 Å². The number of anilines is 2. The number of hydrogen-bond donors (Lipinski definition) is 1. The molecule has 1 unspecified atom stereocenters. The number of halogens is 3. The molecule has 1 saturated heterocycles. The van der Waals surface area contributed by atoms with Crippen LogP contribution in [0.3, 0.4) is 0 Å². The van der Waals surface area contributed by atoms with Crippen LogP contribution in [0.15, 0.2) is 65.7 Å². The molecule has 4 aromatic rings. The zero-order valence-electron chi connectivity index (χ0n) is 22.4. The van der Waals surface area contributed by atoms with Crippen LogP contribution in [0.4, 0.5) is 24.7 Å². The Morgan fingerprint density at radius 3 is 2.60 bits per heavy atom. The van der Waals surface area contributed by atoms with Crippen LogP contribution in [0, 0.1) is 0 Å². The van der Waals surface area contributed by atoms with Gasteiger partial charge in [-0.3, -0.25) is 14.1 Å². The Kier molecular flexibility index (Phi) is 8.16. The minimum atomic E-state index is -4.54. The second kappa shape index (κ2) is 11.6. The van der Waals surface area contributed by atoms with Crippen molar-refractivity contribution in [3.63, 3.8) is 0 Å². The Balaban J connectivity index is 1.55. The standard InChI is InChI=1S/C29H30F3N5O2S/c1-18(2)40(38)22-9-7-21(8-10-22)34-28-23-11-6-20(27-24(29(30,31)32)5-4-12-33-27)15-25(23)35-26(36-28)17-37-13-14-39-19(3)16-37/h4-12,15,18-19H,13-14,16-17H2,1-3H3,(H,34,35,36)/t19-,40?/m1/s1. The Bertz CT molecular complexity index is 1530. The number of aromatic nitrogens is 3. The van der Waals surface area contributed by atoms with Gasteiger partial charge in [0.15, 0.2) is 0 Å². The summed E-state index contributed by atoms with van der Waals surface area (Å²) in [5, 5.41) is 3.99. The molecule has 1 aliphatic heterocycles. The highest BCUT2D eigenvalue weighted by atomic mass is 32.2. The smallest absolute Gasteiger partial charge is 0.376 e. The molecule has 0 aliphatic carbocycles. The first-order chi connectivity index (χ1) is 19.1. The summed E-state index contributed by atoms with van der Waals surface area (Å²) in [4.78, 5) is 16.5. The fourth-order valence-corrected chi connectivity index (χ4v) is 5.62. The molecule has 0 saturated carbocycles. The molecule has 1 aliphatic rings. The predicted molar refractivity (Wildman–Crippen MR) is 150 cm³/mol. The number of alkyl halides is 3. The Labute approximate surface area is 233 Å². The van der Waals surface area contributed by atoms with E-state index in [1.165, 1.54) is 12.3 Å². The first kappa shape index (κ1) is 28.1. The van der Waals surface area contributed by atoms with Crippen molar-refractivity contribution in [1.29, 1.82) is 0 Å². The van der Waals surface area contributed by atoms with Gasteiger partial charge in [-0.2, -0.15) is 13.2 Å². The minimum absolute atomic E-state index is 0.00115. The molecule has 3 heterocycles. The Morgan fingerprint density at radius 1 is 1.12 bits per heavy atom. The predicted octanol–water partition coefficient (Wildman–Crippen LogP) is 6.19. The number of morpholine rings is 1. The molecule has 2 aromatic heterocycles. The van der Waals surface area contributed by atoms with E-state index < -0.39 is 22.5 Å². The largest absolute Gasteiger partial charge is 0.418 e. The van der Waals surface area contributed by atoms with E-state index in [4.69, 9.17) is 14.7 Å². The van der Waals surface area contributed by atoms with E-state index in [1.807, 2.05) is 45.0 Å². The van der Waals surface area contributed by atoms with Gasteiger partial charge in [-0.1, -0.05) is 19.9 Å². The summed E-state index contributed by atoms with van der Waals surface area (Å²) in [6.45, 7) is 8.34. The molecule has 0 radical (unpaired) electrons. The van der Waals surface area contributed by atoms with Crippen molar-refractivity contribution < 1.29 is 22.1 Å². The van der Waals surface area contributed by atoms with E-state index >= 15 is 0 Å². The summed E-state index contributed by atoms with van der Waals surface area (Å²) in [7, 11) is -1.11. The second-order valence-corrected chi connectivity index (χ2v) is 12.0. The number of hydrogen-bond acceptors (Lipinski definition) is 7. The molecule has 7 nitrogen and oxygen atoms in total. The molecule has 5 rings (SSSR count). The van der Waals surface area contributed by atoms with Crippen LogP contribution in [-0.2, 0) is 28.3 Å². The highest BCUT2D eigenvalue weighted by Crippen LogP contribution is 2.37. The van der Waals surface area contributed by atoms with Crippen molar-refractivity contribution in [3.8, 4) is 11.3 Å². The Hall–Kier alpha value is -3.41. The summed E-state index contributed by atoms with van der Waals surface area (Å²) in [5.74, 6) is 1.07. The summed E-state index contributed by atoms with van der Waals surface area (Å²) in [5.41, 5.74) is 0.605. The molecule has 0 amide bonds. The molecule has 1 fully saturated rings. The van der Waals surface area contributed by atoms with Gasteiger partial charge in [-0.05, 0) is 55.5 Å². The lowest BCUT2D eigenvalue weighted by Crippen LogP contribution is -2.40. The summed E-state index contributed by atoms with van der Waals surface area (Å²) in [6, 6.07) is 14.6. The third-order valence-electron chi connectivity index (χ3n) is 6.60. The van der Waals surface area contributed by atoms with Crippen molar-refractivity contribution in [2.45, 2.75) is 49.7 Å². The van der Waals surface area contributed by atoms with E-state index in [0.717, 1.165) is 29.7 Å². The van der Waals surface area contributed by atoms with Gasteiger partial charge >= 0.3 is 6.18 Å². The molecule has 2 aromatic carbocycles. The van der Waals surface area contributed by atoms with Crippen LogP contribution in [0.5, 0.6) is 0 Å². The molecule has 2 atom stereocenters. The lowest BCUT2D eigenvalue weighted by Gasteiger charge is -2.30. The highest BCUT2D eigenvalue weighted by molar-refractivity contribution is 7.85. The monoisotopic (exact) mass is 569 g/mol. The van der Waals surface area contributed by atoms with E-state index in [1.54, 1.807) is 18.2 Å². The number of benzene rings is 2. The zero-order valence-corrected chi connectivity index (χ0v) is 23.2. The SMILES string of the molecule is CC(C)S(=O)c1ccc(Nc2nc(CN3CCO[C@H](C)C3)nc3cc(-c4ncccc4C(F)(F)F)ccc23)cc1. The van der Waals surface area contributed by atoms with Gasteiger partial charge in [-0.25, -0.2) is 9.97 Å². The third kappa shape index (κ3) is 6.32. The van der Waals surface area contributed by atoms with Crippen LogP contribution >= 0.6 is 0 Å². The van der Waals surface area contributed by atoms with Crippen LogP contribution in [0.1, 0.15) is 32.2 Å². The Morgan fingerprint density at radius 2 is 1.90 bits per heavy atom. The summed E-state index contributed by atoms with van der Waals surface area (Å²) in [6.07, 6.45) is -3.11. The molecule has 40 heavy (non-hydrogen) atoms. The number of fused-ring (bicyclic) bond motifs is 1. The van der Waals surface area contributed by atoms with E-state index in [0.29, 0.717) is 41.3 Å². The lowest BCUT2D eigenvalue weighted by atomic mass is 10.0. The van der Waals surface area contributed by atoms with Crippen LogP contribution in [0.25, 0.3) is 22.2 Å². The van der Waals surface area contributed by atoms with E-state index in [9.17, 15) is 17.4 Å². The minimum Gasteiger partial charge on any atom is -0.376 e. The van der Waals surface area contributed by atoms with E-state index in [2.05, 4.69) is 15.2 Å². The van der Waals surface area contributed by atoms with Crippen molar-refractivity contribution in [2.75, 3.05) is 25.0 Å². The van der Waals surface area contributed by atoms with E-state index in [-0.39, 0.29) is 17.0 Å². The first-order valence-electron chi connectivity index (χ1n) is 13.0. The van der Waals surface area contributed by atoms with Crippen LogP contribution in [-0.4, -0.2) is 55.1 Å².